The van der Waals surface area contributed by atoms with Gasteiger partial charge in [0, 0.05) is 11.3 Å². The van der Waals surface area contributed by atoms with Crippen LogP contribution < -0.4 is 0 Å². The lowest BCUT2D eigenvalue weighted by Crippen LogP contribution is -2.57. The third-order valence-electron chi connectivity index (χ3n) is 6.78. The maximum Gasteiger partial charge on any atom is 0.338 e. The maximum atomic E-state index is 11.7. The summed E-state index contributed by atoms with van der Waals surface area (Å²) < 4.78 is 4.96. The van der Waals surface area contributed by atoms with Gasteiger partial charge in [-0.3, -0.25) is 0 Å². The van der Waals surface area contributed by atoms with Gasteiger partial charge in [0.05, 0.1) is 18.3 Å². The second-order valence-electron chi connectivity index (χ2n) is 8.07. The van der Waals surface area contributed by atoms with Crippen LogP contribution in [0.2, 0.25) is 0 Å². The van der Waals surface area contributed by atoms with Crippen LogP contribution >= 0.6 is 0 Å². The molecule has 0 aromatic heterocycles. The molecule has 0 aromatic rings. The average Bonchev–Trinajstić information content (AvgIpc) is 2.96. The van der Waals surface area contributed by atoms with E-state index in [1.54, 1.807) is 6.08 Å². The monoisotopic (exact) mass is 332 g/mol. The Bertz CT molecular complexity index is 605. The fraction of sp³-hybridized carbons (Fsp3) is 0.650. The van der Waals surface area contributed by atoms with Gasteiger partial charge in [-0.05, 0) is 43.1 Å². The van der Waals surface area contributed by atoms with Crippen LogP contribution in [-0.4, -0.2) is 35.5 Å². The van der Waals surface area contributed by atoms with Gasteiger partial charge in [-0.2, -0.15) is 0 Å². The number of carbonyl (C=O) groups excluding carboxylic acids is 1. The highest BCUT2D eigenvalue weighted by atomic mass is 16.5. The van der Waals surface area contributed by atoms with E-state index in [1.165, 1.54) is 5.57 Å². The molecule has 0 spiro atoms. The molecule has 0 unspecified atom stereocenters. The molecule has 3 rings (SSSR count). The summed E-state index contributed by atoms with van der Waals surface area (Å²) in [5, 5.41) is 20.5. The standard InChI is InChI=1S/C20H28O4/c1-13-4-7-16-19(2,10-8-17(22)20(16,3)12-21)15(13)6-5-14-9-11-24-18(14)23/h5-6,9,15-17,21-22H,1,4,7-8,10-12H2,2-3H3/t15-,16+,17-,19+,20+/m0/s1. The zero-order chi connectivity index (χ0) is 17.5. The fourth-order valence-electron chi connectivity index (χ4n) is 5.20. The molecule has 0 amide bonds. The van der Waals surface area contributed by atoms with Crippen LogP contribution in [0.5, 0.6) is 0 Å². The predicted molar refractivity (Wildman–Crippen MR) is 92.1 cm³/mol. The van der Waals surface area contributed by atoms with Gasteiger partial charge < -0.3 is 14.9 Å². The molecule has 24 heavy (non-hydrogen) atoms. The summed E-state index contributed by atoms with van der Waals surface area (Å²) in [6.45, 7) is 8.87. The van der Waals surface area contributed by atoms with Crippen LogP contribution in [0, 0.1) is 22.7 Å². The summed E-state index contributed by atoms with van der Waals surface area (Å²) in [6, 6.07) is 0. The van der Waals surface area contributed by atoms with Gasteiger partial charge in [-0.25, -0.2) is 4.79 Å². The van der Waals surface area contributed by atoms with Crippen molar-refractivity contribution in [3.8, 4) is 0 Å². The molecule has 2 N–H and O–H groups in total. The number of aliphatic hydroxyl groups is 2. The van der Waals surface area contributed by atoms with E-state index in [0.717, 1.165) is 19.3 Å². The Morgan fingerprint density at radius 1 is 1.42 bits per heavy atom. The Kier molecular flexibility index (Phi) is 4.47. The number of hydrogen-bond donors (Lipinski definition) is 2. The molecule has 0 saturated heterocycles. The summed E-state index contributed by atoms with van der Waals surface area (Å²) in [5.74, 6) is 0.0981. The molecule has 2 saturated carbocycles. The molecule has 0 bridgehead atoms. The molecule has 1 aliphatic heterocycles. The van der Waals surface area contributed by atoms with Crippen LogP contribution in [0.25, 0.3) is 0 Å². The molecule has 4 heteroatoms. The first-order valence-electron chi connectivity index (χ1n) is 8.85. The number of aliphatic hydroxyl groups excluding tert-OH is 2. The van der Waals surface area contributed by atoms with Gasteiger partial charge in [-0.15, -0.1) is 0 Å². The molecular formula is C20H28O4. The maximum absolute atomic E-state index is 11.7. The smallest absolute Gasteiger partial charge is 0.338 e. The number of esters is 1. The van der Waals surface area contributed by atoms with Crippen molar-refractivity contribution in [1.82, 2.24) is 0 Å². The van der Waals surface area contributed by atoms with Gasteiger partial charge in [0.1, 0.15) is 6.61 Å². The number of ether oxygens (including phenoxy) is 1. The molecule has 2 fully saturated rings. The van der Waals surface area contributed by atoms with Crippen LogP contribution in [0.15, 0.2) is 36.0 Å². The minimum atomic E-state index is -0.481. The molecule has 0 radical (unpaired) electrons. The fourth-order valence-corrected chi connectivity index (χ4v) is 5.20. The molecule has 1 heterocycles. The normalized spacial score (nSPS) is 42.8. The predicted octanol–water partition coefficient (Wildman–Crippen LogP) is 2.77. The third kappa shape index (κ3) is 2.56. The molecular weight excluding hydrogens is 304 g/mol. The summed E-state index contributed by atoms with van der Waals surface area (Å²) in [7, 11) is 0. The minimum absolute atomic E-state index is 0.00515. The van der Waals surface area contributed by atoms with Crippen LogP contribution in [-0.2, 0) is 9.53 Å². The van der Waals surface area contributed by atoms with E-state index in [1.807, 2.05) is 13.0 Å². The van der Waals surface area contributed by atoms with E-state index in [4.69, 9.17) is 4.74 Å². The van der Waals surface area contributed by atoms with E-state index in [-0.39, 0.29) is 29.8 Å². The lowest BCUT2D eigenvalue weighted by molar-refractivity contribution is -0.145. The molecule has 132 valence electrons. The SMILES string of the molecule is C=C1CC[C@@H]2[C@](C)(CC[C@H](O)[C@]2(C)CO)[C@H]1C=CC1=CCOC1=O. The van der Waals surface area contributed by atoms with E-state index < -0.39 is 11.5 Å². The summed E-state index contributed by atoms with van der Waals surface area (Å²) in [5.41, 5.74) is 1.24. The quantitative estimate of drug-likeness (QED) is 0.616. The van der Waals surface area contributed by atoms with E-state index in [2.05, 4.69) is 19.6 Å². The van der Waals surface area contributed by atoms with Crippen molar-refractivity contribution in [1.29, 1.82) is 0 Å². The van der Waals surface area contributed by atoms with Crippen molar-refractivity contribution < 1.29 is 19.7 Å². The van der Waals surface area contributed by atoms with Gasteiger partial charge in [0.2, 0.25) is 0 Å². The lowest BCUT2D eigenvalue weighted by Gasteiger charge is -2.59. The van der Waals surface area contributed by atoms with Crippen molar-refractivity contribution in [2.24, 2.45) is 22.7 Å². The molecule has 2 aliphatic carbocycles. The van der Waals surface area contributed by atoms with Crippen molar-refractivity contribution in [2.75, 3.05) is 13.2 Å². The van der Waals surface area contributed by atoms with Crippen molar-refractivity contribution in [3.63, 3.8) is 0 Å². The van der Waals surface area contributed by atoms with E-state index in [0.29, 0.717) is 18.6 Å². The summed E-state index contributed by atoms with van der Waals surface area (Å²) >= 11 is 0. The Morgan fingerprint density at radius 2 is 2.17 bits per heavy atom. The summed E-state index contributed by atoms with van der Waals surface area (Å²) in [6.07, 6.45) is 8.69. The zero-order valence-corrected chi connectivity index (χ0v) is 14.6. The topological polar surface area (TPSA) is 66.8 Å². The number of fused-ring (bicyclic) bond motifs is 1. The van der Waals surface area contributed by atoms with E-state index >= 15 is 0 Å². The first kappa shape index (κ1) is 17.4. The first-order valence-corrected chi connectivity index (χ1v) is 8.85. The zero-order valence-electron chi connectivity index (χ0n) is 14.6. The van der Waals surface area contributed by atoms with Crippen molar-refractivity contribution >= 4 is 5.97 Å². The van der Waals surface area contributed by atoms with Crippen molar-refractivity contribution in [2.45, 2.75) is 45.6 Å². The Balaban J connectivity index is 1.92. The second kappa shape index (κ2) is 6.16. The largest absolute Gasteiger partial charge is 0.458 e. The highest BCUT2D eigenvalue weighted by Crippen LogP contribution is 2.61. The first-order chi connectivity index (χ1) is 11.3. The number of allylic oxidation sites excluding steroid dienone is 2. The molecule has 0 aromatic carbocycles. The van der Waals surface area contributed by atoms with Gasteiger partial charge in [-0.1, -0.05) is 38.2 Å². The van der Waals surface area contributed by atoms with Gasteiger partial charge in [0.25, 0.3) is 0 Å². The number of cyclic esters (lactones) is 1. The van der Waals surface area contributed by atoms with Crippen LogP contribution in [0.3, 0.4) is 0 Å². The van der Waals surface area contributed by atoms with Crippen LogP contribution in [0.1, 0.15) is 39.5 Å². The summed E-state index contributed by atoms with van der Waals surface area (Å²) in [4.78, 5) is 11.7. The van der Waals surface area contributed by atoms with E-state index in [9.17, 15) is 15.0 Å². The molecule has 5 atom stereocenters. The molecule has 3 aliphatic rings. The lowest BCUT2D eigenvalue weighted by atomic mass is 9.46. The second-order valence-corrected chi connectivity index (χ2v) is 8.07. The van der Waals surface area contributed by atoms with Crippen LogP contribution in [0.4, 0.5) is 0 Å². The number of hydrogen-bond acceptors (Lipinski definition) is 4. The number of rotatable bonds is 3. The highest BCUT2D eigenvalue weighted by molar-refractivity contribution is 5.93. The van der Waals surface area contributed by atoms with Gasteiger partial charge in [0.15, 0.2) is 0 Å². The Morgan fingerprint density at radius 3 is 2.79 bits per heavy atom. The highest BCUT2D eigenvalue weighted by Gasteiger charge is 2.57. The number of carbonyl (C=O) groups is 1. The third-order valence-corrected chi connectivity index (χ3v) is 6.78. The Hall–Kier alpha value is -1.39. The minimum Gasteiger partial charge on any atom is -0.458 e. The van der Waals surface area contributed by atoms with Crippen molar-refractivity contribution in [3.05, 3.63) is 36.0 Å². The van der Waals surface area contributed by atoms with Gasteiger partial charge >= 0.3 is 5.97 Å². The Labute approximate surface area is 143 Å². The average molecular weight is 332 g/mol. The molecule has 4 nitrogen and oxygen atoms in total.